The highest BCUT2D eigenvalue weighted by Gasteiger charge is 2.30. The van der Waals surface area contributed by atoms with Crippen molar-refractivity contribution < 1.29 is 0 Å². The zero-order valence-electron chi connectivity index (χ0n) is 51.2. The highest BCUT2D eigenvalue weighted by molar-refractivity contribution is 9.10. The van der Waals surface area contributed by atoms with Crippen LogP contribution in [0.5, 0.6) is 0 Å². The number of hydrogen-bond donors (Lipinski definition) is 0. The van der Waals surface area contributed by atoms with Gasteiger partial charge in [0.1, 0.15) is 0 Å². The monoisotopic (exact) mass is 1280 g/mol. The van der Waals surface area contributed by atoms with E-state index in [1.54, 1.807) is 0 Å². The Morgan fingerprint density at radius 1 is 0.242 bits per heavy atom. The first-order valence-corrected chi connectivity index (χ1v) is 32.8. The summed E-state index contributed by atoms with van der Waals surface area (Å²) in [7, 11) is 0. The van der Waals surface area contributed by atoms with Crippen molar-refractivity contribution in [1.29, 1.82) is 0 Å². The second-order valence-corrected chi connectivity index (χ2v) is 25.1. The Balaban J connectivity index is 0.000000115. The molecule has 8 heteroatoms. The summed E-state index contributed by atoms with van der Waals surface area (Å²) >= 11 is 3.47. The number of rotatable bonds is 7. The van der Waals surface area contributed by atoms with Crippen LogP contribution in [0.1, 0.15) is 11.1 Å². The normalized spacial score (nSPS) is 11.8. The first-order chi connectivity index (χ1) is 47.0. The molecular formula is C87H54BrN7. The zero-order valence-corrected chi connectivity index (χ0v) is 52.8. The van der Waals surface area contributed by atoms with Gasteiger partial charge in [0.25, 0.3) is 0 Å². The van der Waals surface area contributed by atoms with Gasteiger partial charge in [-0.3, -0.25) is 0 Å². The first kappa shape index (κ1) is 55.7. The number of halogens is 1. The van der Waals surface area contributed by atoms with Crippen molar-refractivity contribution in [1.82, 2.24) is 34.5 Å². The molecule has 0 N–H and O–H groups in total. The van der Waals surface area contributed by atoms with Crippen LogP contribution in [-0.4, -0.2) is 34.5 Å². The van der Waals surface area contributed by atoms with Crippen LogP contribution < -0.4 is 0 Å². The summed E-state index contributed by atoms with van der Waals surface area (Å²) in [5.41, 5.74) is 25.9. The molecule has 0 saturated heterocycles. The maximum absolute atomic E-state index is 4.94. The van der Waals surface area contributed by atoms with Crippen LogP contribution in [0.3, 0.4) is 0 Å². The van der Waals surface area contributed by atoms with Crippen molar-refractivity contribution in [3.63, 3.8) is 0 Å². The fourth-order valence-corrected chi connectivity index (χ4v) is 14.6. The second-order valence-electron chi connectivity index (χ2n) is 24.1. The Morgan fingerprint density at radius 3 is 1.14 bits per heavy atom. The van der Waals surface area contributed by atoms with Gasteiger partial charge >= 0.3 is 0 Å². The maximum Gasteiger partial charge on any atom is 0.164 e. The van der Waals surface area contributed by atoms with Gasteiger partial charge in [0, 0.05) is 59.9 Å². The van der Waals surface area contributed by atoms with Gasteiger partial charge in [-0.2, -0.15) is 0 Å². The molecule has 3 aliphatic rings. The molecule has 0 amide bonds. The standard InChI is InChI=1S/C43H26N4.C23H14.C21H14BrN3/c1-3-11-28(12-4-1)41-44-42(29-13-5-2-6-14-29)46-43(45-41)30-21-23-31(24-22-30)47-36-20-8-7-17-34(36)40-37(47)26-25-33-32-18-9-15-27-16-10-19-35(38(27)32)39(33)40;1-2-8-17-15(5-1)13-16-11-12-19-18-9-3-6-14-7-4-10-20(21(14)18)23(19)22(16)17;22-18-13-11-17(12-14-18)21-24-19(15-7-3-1-4-8-15)23-20(25-21)16-9-5-2-6-10-16/h1-26H;1-12H,13H2;1-14H. The summed E-state index contributed by atoms with van der Waals surface area (Å²) in [5.74, 6) is 3.98. The molecule has 95 heavy (non-hydrogen) atoms. The highest BCUT2D eigenvalue weighted by Crippen LogP contribution is 2.55. The average Bonchev–Trinajstić information content (AvgIpc) is 1.56. The number of fused-ring (bicyclic) bond motifs is 14. The van der Waals surface area contributed by atoms with Crippen molar-refractivity contribution in [3.8, 4) is 130 Å². The lowest BCUT2D eigenvalue weighted by Gasteiger charge is -2.11. The zero-order chi connectivity index (χ0) is 62.9. The van der Waals surface area contributed by atoms with Gasteiger partial charge in [-0.25, -0.2) is 29.9 Å². The number of para-hydroxylation sites is 1. The molecule has 0 aliphatic heterocycles. The quantitative estimate of drug-likeness (QED) is 0.158. The average molecular weight is 1280 g/mol. The molecule has 7 nitrogen and oxygen atoms in total. The van der Waals surface area contributed by atoms with Crippen LogP contribution in [-0.2, 0) is 6.42 Å². The molecule has 0 saturated carbocycles. The number of benzene rings is 14. The molecular weight excluding hydrogens is 1220 g/mol. The molecule has 0 radical (unpaired) electrons. The van der Waals surface area contributed by atoms with E-state index in [0.717, 1.165) is 50.0 Å². The molecule has 3 aliphatic carbocycles. The fraction of sp³-hybridized carbons (Fsp3) is 0.0115. The molecule has 3 aromatic heterocycles. The van der Waals surface area contributed by atoms with Crippen molar-refractivity contribution in [2.45, 2.75) is 6.42 Å². The molecule has 3 heterocycles. The highest BCUT2D eigenvalue weighted by atomic mass is 79.9. The molecule has 0 bridgehead atoms. The van der Waals surface area contributed by atoms with Gasteiger partial charge in [0.05, 0.1) is 11.0 Å². The van der Waals surface area contributed by atoms with Crippen LogP contribution in [0.4, 0.5) is 0 Å². The Morgan fingerprint density at radius 2 is 0.632 bits per heavy atom. The molecule has 0 fully saturated rings. The third-order valence-corrected chi connectivity index (χ3v) is 19.1. The predicted molar refractivity (Wildman–Crippen MR) is 393 cm³/mol. The molecule has 20 rings (SSSR count). The van der Waals surface area contributed by atoms with Crippen LogP contribution in [0.15, 0.2) is 320 Å². The minimum Gasteiger partial charge on any atom is -0.309 e. The lowest BCUT2D eigenvalue weighted by atomic mass is 9.93. The summed E-state index contributed by atoms with van der Waals surface area (Å²) in [4.78, 5) is 28.8. The molecule has 0 spiro atoms. The fourth-order valence-electron chi connectivity index (χ4n) is 14.4. The van der Waals surface area contributed by atoms with Crippen molar-refractivity contribution in [2.75, 3.05) is 0 Å². The van der Waals surface area contributed by atoms with Crippen molar-refractivity contribution in [3.05, 3.63) is 331 Å². The van der Waals surface area contributed by atoms with E-state index in [1.807, 2.05) is 146 Å². The van der Waals surface area contributed by atoms with Crippen LogP contribution in [0, 0.1) is 0 Å². The molecule has 444 valence electrons. The Kier molecular flexibility index (Phi) is 13.6. The summed E-state index contributed by atoms with van der Waals surface area (Å²) in [6.45, 7) is 0. The van der Waals surface area contributed by atoms with E-state index in [1.165, 1.54) is 110 Å². The Bertz CT molecular complexity index is 5730. The number of hydrogen-bond acceptors (Lipinski definition) is 6. The number of aromatic nitrogens is 7. The summed E-state index contributed by atoms with van der Waals surface area (Å²) in [6, 6.07) is 110. The van der Waals surface area contributed by atoms with Gasteiger partial charge < -0.3 is 4.57 Å². The Hall–Kier alpha value is -12.1. The summed E-state index contributed by atoms with van der Waals surface area (Å²) in [5, 5.41) is 7.95. The van der Waals surface area contributed by atoms with Crippen LogP contribution in [0.25, 0.3) is 173 Å². The van der Waals surface area contributed by atoms with Gasteiger partial charge in [0.2, 0.25) is 0 Å². The SMILES string of the molecule is Brc1ccc(-c2nc(-c3ccccc3)nc(-c3ccccc3)n2)cc1.c1ccc(-c2nc(-c3ccccc3)nc(-c3ccc(-n4c5ccccc5c5c6c(ccc54)-c4cccc5cccc-6c45)cc3)n2)cc1.c1ccc2c(c1)Cc1ccc3c(c1-2)-c1cccc2cccc-3c12. The van der Waals surface area contributed by atoms with E-state index in [9.17, 15) is 0 Å². The summed E-state index contributed by atoms with van der Waals surface area (Å²) in [6.07, 6.45) is 1.06. The van der Waals surface area contributed by atoms with Gasteiger partial charge in [-0.15, -0.1) is 0 Å². The van der Waals surface area contributed by atoms with Crippen molar-refractivity contribution in [2.24, 2.45) is 0 Å². The smallest absolute Gasteiger partial charge is 0.164 e. The Labute approximate surface area is 557 Å². The summed E-state index contributed by atoms with van der Waals surface area (Å²) < 4.78 is 3.41. The van der Waals surface area contributed by atoms with Gasteiger partial charge in [-0.1, -0.05) is 283 Å². The molecule has 17 aromatic rings. The largest absolute Gasteiger partial charge is 0.309 e. The second kappa shape index (κ2) is 23.2. The third-order valence-electron chi connectivity index (χ3n) is 18.6. The first-order valence-electron chi connectivity index (χ1n) is 32.0. The van der Waals surface area contributed by atoms with Gasteiger partial charge in [-0.05, 0) is 138 Å². The van der Waals surface area contributed by atoms with E-state index in [-0.39, 0.29) is 0 Å². The lowest BCUT2D eigenvalue weighted by molar-refractivity contribution is 1.07. The van der Waals surface area contributed by atoms with Crippen LogP contribution in [0.2, 0.25) is 0 Å². The third kappa shape index (κ3) is 9.72. The molecule has 14 aromatic carbocycles. The van der Waals surface area contributed by atoms with E-state index in [0.29, 0.717) is 34.9 Å². The van der Waals surface area contributed by atoms with E-state index in [2.05, 4.69) is 195 Å². The van der Waals surface area contributed by atoms with Crippen LogP contribution >= 0.6 is 15.9 Å². The number of nitrogens with zero attached hydrogens (tertiary/aromatic N) is 7. The molecule has 0 atom stereocenters. The van der Waals surface area contributed by atoms with Gasteiger partial charge in [0.15, 0.2) is 34.9 Å². The minimum absolute atomic E-state index is 0.648. The molecule has 0 unspecified atom stereocenters. The van der Waals surface area contributed by atoms with E-state index in [4.69, 9.17) is 24.9 Å². The minimum atomic E-state index is 0.648. The maximum atomic E-state index is 4.94. The van der Waals surface area contributed by atoms with E-state index >= 15 is 0 Å². The topological polar surface area (TPSA) is 82.3 Å². The lowest BCUT2D eigenvalue weighted by Crippen LogP contribution is -2.00. The predicted octanol–water partition coefficient (Wildman–Crippen LogP) is 22.5. The van der Waals surface area contributed by atoms with E-state index < -0.39 is 0 Å². The van der Waals surface area contributed by atoms with Crippen molar-refractivity contribution >= 4 is 59.3 Å².